The number of hydrogen-bond donors (Lipinski definition) is 2. The van der Waals surface area contributed by atoms with E-state index in [-0.39, 0.29) is 50.8 Å². The van der Waals surface area contributed by atoms with Crippen molar-refractivity contribution in [1.82, 2.24) is 15.3 Å². The van der Waals surface area contributed by atoms with Crippen LogP contribution in [-0.4, -0.2) is 69.1 Å². The molecule has 3 N–H and O–H groups in total. The van der Waals surface area contributed by atoms with Gasteiger partial charge in [-0.1, -0.05) is 36.4 Å². The van der Waals surface area contributed by atoms with Gasteiger partial charge in [0.25, 0.3) is 0 Å². The van der Waals surface area contributed by atoms with Gasteiger partial charge in [-0.3, -0.25) is 4.79 Å². The highest BCUT2D eigenvalue weighted by atomic mass is 32.2. The first-order valence-electron chi connectivity index (χ1n) is 15.3. The molecule has 2 aliphatic heterocycles. The van der Waals surface area contributed by atoms with Crippen LogP contribution in [0.15, 0.2) is 59.5 Å². The minimum atomic E-state index is -4.89. The van der Waals surface area contributed by atoms with Crippen LogP contribution in [0.25, 0.3) is 17.2 Å². The third kappa shape index (κ3) is 7.87. The van der Waals surface area contributed by atoms with Crippen LogP contribution in [0, 0.1) is 5.41 Å². The normalized spacial score (nSPS) is 18.9. The highest BCUT2D eigenvalue weighted by Gasteiger charge is 2.46. The van der Waals surface area contributed by atoms with Crippen LogP contribution in [0.3, 0.4) is 0 Å². The number of hydrogen-bond acceptors (Lipinski definition) is 10. The molecule has 252 valence electrons. The zero-order valence-electron chi connectivity index (χ0n) is 26.4. The number of nitrogen functional groups attached to an aromatic ring is 1. The van der Waals surface area contributed by atoms with E-state index in [0.717, 1.165) is 19.1 Å². The van der Waals surface area contributed by atoms with Crippen molar-refractivity contribution in [2.45, 2.75) is 56.3 Å². The second kappa shape index (κ2) is 13.5. The number of benzene rings is 2. The Morgan fingerprint density at radius 2 is 1.91 bits per heavy atom. The second-order valence-electron chi connectivity index (χ2n) is 12.0. The average molecular weight is 674 g/mol. The number of halogens is 3. The lowest BCUT2D eigenvalue weighted by Crippen LogP contribution is -2.41. The number of nitrogens with two attached hydrogens (primary N) is 1. The van der Waals surface area contributed by atoms with Crippen molar-refractivity contribution in [1.29, 1.82) is 0 Å². The molecule has 2 atom stereocenters. The molecule has 10 nitrogen and oxygen atoms in total. The summed E-state index contributed by atoms with van der Waals surface area (Å²) in [5, 5.41) is 3.27. The lowest BCUT2D eigenvalue weighted by atomic mass is 9.76. The van der Waals surface area contributed by atoms with Crippen molar-refractivity contribution in [3.8, 4) is 17.0 Å². The molecule has 3 heterocycles. The van der Waals surface area contributed by atoms with Crippen LogP contribution >= 0.6 is 0 Å². The van der Waals surface area contributed by atoms with E-state index in [0.29, 0.717) is 44.0 Å². The minimum Gasteiger partial charge on any atom is -0.465 e. The fourth-order valence-corrected chi connectivity index (χ4v) is 6.92. The lowest BCUT2D eigenvalue weighted by molar-refractivity contribution is -0.198. The standard InChI is InChI=1S/C33H38F3N5O5S/c1-4-7-21-10-11-24(22-8-6-9-23(17-22)47(3,43)44)25(16-21)29(33(34,35)36)46-28-18-27(39-31(37)40-28)41-14-12-32(13-15-41)19-26(38-20-32)30(42)45-5-2/h4,6-11,16-18,26,29,38H,5,12-15,19-20H2,1-3H3,(H2,37,39,40)/b7-4+/t26?,29-/m1/s1. The van der Waals surface area contributed by atoms with E-state index in [9.17, 15) is 26.4 Å². The summed E-state index contributed by atoms with van der Waals surface area (Å²) in [6, 6.07) is 11.3. The molecule has 0 amide bonds. The number of aromatic nitrogens is 2. The molecule has 1 aromatic heterocycles. The van der Waals surface area contributed by atoms with Gasteiger partial charge in [0, 0.05) is 37.5 Å². The number of rotatable bonds is 9. The maximum atomic E-state index is 14.9. The molecule has 0 aliphatic carbocycles. The molecule has 2 aliphatic rings. The van der Waals surface area contributed by atoms with Crippen molar-refractivity contribution in [2.75, 3.05) is 43.1 Å². The number of anilines is 2. The molecular weight excluding hydrogens is 635 g/mol. The summed E-state index contributed by atoms with van der Waals surface area (Å²) in [7, 11) is -3.62. The van der Waals surface area contributed by atoms with E-state index < -0.39 is 22.1 Å². The first-order valence-corrected chi connectivity index (χ1v) is 17.2. The number of esters is 1. The van der Waals surface area contributed by atoms with E-state index in [4.69, 9.17) is 15.2 Å². The molecule has 0 bridgehead atoms. The van der Waals surface area contributed by atoms with Gasteiger partial charge in [-0.05, 0) is 73.4 Å². The number of allylic oxidation sites excluding steroid dienone is 1. The second-order valence-corrected chi connectivity index (χ2v) is 14.0. The molecule has 2 fully saturated rings. The Balaban J connectivity index is 1.44. The van der Waals surface area contributed by atoms with Gasteiger partial charge in [0.1, 0.15) is 11.9 Å². The smallest absolute Gasteiger partial charge is 0.429 e. The molecule has 3 aromatic rings. The van der Waals surface area contributed by atoms with E-state index in [1.54, 1.807) is 38.1 Å². The number of sulfone groups is 1. The summed E-state index contributed by atoms with van der Waals surface area (Å²) in [6.07, 6.45) is -0.856. The molecule has 0 saturated carbocycles. The summed E-state index contributed by atoms with van der Waals surface area (Å²) in [5.41, 5.74) is 6.60. The molecule has 47 heavy (non-hydrogen) atoms. The molecule has 1 spiro atoms. The zero-order chi connectivity index (χ0) is 34.0. The fraction of sp³-hybridized carbons (Fsp3) is 0.424. The summed E-state index contributed by atoms with van der Waals surface area (Å²) >= 11 is 0. The minimum absolute atomic E-state index is 0.0238. The van der Waals surface area contributed by atoms with Gasteiger partial charge in [0.05, 0.1) is 11.5 Å². The topological polar surface area (TPSA) is 137 Å². The van der Waals surface area contributed by atoms with Gasteiger partial charge in [0.2, 0.25) is 17.9 Å². The zero-order valence-corrected chi connectivity index (χ0v) is 27.2. The third-order valence-corrected chi connectivity index (χ3v) is 9.72. The monoisotopic (exact) mass is 673 g/mol. The Bertz CT molecular complexity index is 1760. The van der Waals surface area contributed by atoms with Crippen molar-refractivity contribution >= 4 is 33.6 Å². The molecule has 2 saturated heterocycles. The van der Waals surface area contributed by atoms with E-state index in [2.05, 4.69) is 15.3 Å². The predicted molar refractivity (Wildman–Crippen MR) is 172 cm³/mol. The maximum absolute atomic E-state index is 14.9. The summed E-state index contributed by atoms with van der Waals surface area (Å²) in [6.45, 7) is 5.58. The van der Waals surface area contributed by atoms with Crippen molar-refractivity contribution < 1.29 is 35.9 Å². The van der Waals surface area contributed by atoms with Gasteiger partial charge in [-0.2, -0.15) is 23.1 Å². The van der Waals surface area contributed by atoms with Crippen LogP contribution in [-0.2, 0) is 19.4 Å². The van der Waals surface area contributed by atoms with Crippen LogP contribution < -0.4 is 20.7 Å². The Kier molecular flexibility index (Phi) is 9.83. The number of nitrogens with zero attached hydrogens (tertiary/aromatic N) is 3. The Morgan fingerprint density at radius 3 is 2.57 bits per heavy atom. The first kappa shape index (κ1) is 34.2. The molecular formula is C33H38F3N5O5S. The summed E-state index contributed by atoms with van der Waals surface area (Å²) < 4.78 is 79.9. The summed E-state index contributed by atoms with van der Waals surface area (Å²) in [4.78, 5) is 22.4. The van der Waals surface area contributed by atoms with Crippen LogP contribution in [0.4, 0.5) is 24.9 Å². The van der Waals surface area contributed by atoms with Gasteiger partial charge in [-0.25, -0.2) is 8.42 Å². The SMILES string of the molecule is C/C=C/c1ccc(-c2cccc(S(C)(=O)=O)c2)c([C@@H](Oc2cc(N3CCC4(CC3)CNC(C(=O)OCC)C4)nc(N)n2)C(F)(F)F)c1. The number of ether oxygens (including phenoxy) is 2. The third-order valence-electron chi connectivity index (χ3n) is 8.61. The van der Waals surface area contributed by atoms with Gasteiger partial charge in [0.15, 0.2) is 9.84 Å². The van der Waals surface area contributed by atoms with Gasteiger partial charge < -0.3 is 25.4 Å². The highest BCUT2D eigenvalue weighted by Crippen LogP contribution is 2.43. The lowest BCUT2D eigenvalue weighted by Gasteiger charge is -2.39. The molecule has 5 rings (SSSR count). The highest BCUT2D eigenvalue weighted by molar-refractivity contribution is 7.90. The number of carbonyl (C=O) groups excluding carboxylic acids is 1. The first-order chi connectivity index (χ1) is 22.2. The largest absolute Gasteiger partial charge is 0.465 e. The van der Waals surface area contributed by atoms with E-state index >= 15 is 0 Å². The number of nitrogens with one attached hydrogen (secondary N) is 1. The average Bonchev–Trinajstić information content (AvgIpc) is 3.43. The molecule has 2 aromatic carbocycles. The quantitative estimate of drug-likeness (QED) is 0.286. The van der Waals surface area contributed by atoms with Gasteiger partial charge in [-0.15, -0.1) is 0 Å². The number of piperidine rings is 1. The van der Waals surface area contributed by atoms with Crippen LogP contribution in [0.5, 0.6) is 5.88 Å². The van der Waals surface area contributed by atoms with E-state index in [1.807, 2.05) is 4.90 Å². The fourth-order valence-electron chi connectivity index (χ4n) is 6.25. The van der Waals surface area contributed by atoms with Crippen molar-refractivity contribution in [3.63, 3.8) is 0 Å². The Hall–Kier alpha value is -4.17. The van der Waals surface area contributed by atoms with Crippen LogP contribution in [0.1, 0.15) is 50.3 Å². The van der Waals surface area contributed by atoms with Crippen molar-refractivity contribution in [2.24, 2.45) is 5.41 Å². The Labute approximate surface area is 272 Å². The van der Waals surface area contributed by atoms with E-state index in [1.165, 1.54) is 36.4 Å². The molecule has 14 heteroatoms. The number of alkyl halides is 3. The maximum Gasteiger partial charge on any atom is 0.429 e. The number of carbonyl (C=O) groups is 1. The van der Waals surface area contributed by atoms with Crippen molar-refractivity contribution in [3.05, 3.63) is 65.7 Å². The van der Waals surface area contributed by atoms with Gasteiger partial charge >= 0.3 is 12.1 Å². The molecule has 1 unspecified atom stereocenters. The predicted octanol–water partition coefficient (Wildman–Crippen LogP) is 5.36. The molecule has 0 radical (unpaired) electrons. The summed E-state index contributed by atoms with van der Waals surface area (Å²) in [5.74, 6) is -0.529. The Morgan fingerprint density at radius 1 is 1.17 bits per heavy atom. The van der Waals surface area contributed by atoms with Crippen LogP contribution in [0.2, 0.25) is 0 Å².